The fraction of sp³-hybridized carbons (Fsp3) is 0.733. The van der Waals surface area contributed by atoms with E-state index < -0.39 is 5.60 Å². The second kappa shape index (κ2) is 6.37. The molecular weight excluding hydrogens is 268 g/mol. The number of imidazole rings is 1. The fourth-order valence-electron chi connectivity index (χ4n) is 2.66. The Labute approximate surface area is 126 Å². The van der Waals surface area contributed by atoms with Crippen LogP contribution in [0, 0.1) is 5.92 Å². The molecule has 6 heteroatoms. The highest BCUT2D eigenvalue weighted by Crippen LogP contribution is 2.23. The number of nitrogens with zero attached hydrogens (tertiary/aromatic N) is 2. The lowest BCUT2D eigenvalue weighted by molar-refractivity contribution is 0.0162. The van der Waals surface area contributed by atoms with E-state index in [0.717, 1.165) is 44.5 Å². The first-order valence-corrected chi connectivity index (χ1v) is 7.61. The first-order valence-electron chi connectivity index (χ1n) is 7.61. The first-order chi connectivity index (χ1) is 9.83. The molecule has 118 valence electrons. The first kappa shape index (κ1) is 15.7. The van der Waals surface area contributed by atoms with Gasteiger partial charge in [0.15, 0.2) is 5.95 Å². The zero-order chi connectivity index (χ0) is 15.5. The standard InChI is InChI=1S/C15H26N4O2/c1-15(2,3)21-14(20)19-8-4-5-11(10-19)6-7-12-9-17-13(16)18-12/h9,11H,4-8,10H2,1-3H3,(H3,16,17,18). The molecule has 21 heavy (non-hydrogen) atoms. The third-order valence-electron chi connectivity index (χ3n) is 3.64. The maximum Gasteiger partial charge on any atom is 0.410 e. The van der Waals surface area contributed by atoms with Gasteiger partial charge in [-0.2, -0.15) is 0 Å². The van der Waals surface area contributed by atoms with Gasteiger partial charge in [-0.25, -0.2) is 9.78 Å². The number of H-pyrrole nitrogens is 1. The number of aromatic nitrogens is 2. The highest BCUT2D eigenvalue weighted by Gasteiger charge is 2.27. The number of nitrogens with two attached hydrogens (primary N) is 1. The third-order valence-corrected chi connectivity index (χ3v) is 3.64. The Bertz CT molecular complexity index is 478. The largest absolute Gasteiger partial charge is 0.444 e. The second-order valence-electron chi connectivity index (χ2n) is 6.77. The molecule has 2 heterocycles. The lowest BCUT2D eigenvalue weighted by Gasteiger charge is -2.34. The van der Waals surface area contributed by atoms with Crippen molar-refractivity contribution in [2.45, 2.75) is 52.1 Å². The van der Waals surface area contributed by atoms with Crippen LogP contribution in [-0.4, -0.2) is 39.7 Å². The van der Waals surface area contributed by atoms with E-state index in [9.17, 15) is 4.79 Å². The molecule has 2 rings (SSSR count). The van der Waals surface area contributed by atoms with Crippen LogP contribution < -0.4 is 5.73 Å². The molecule has 0 radical (unpaired) electrons. The van der Waals surface area contributed by atoms with Crippen LogP contribution in [0.5, 0.6) is 0 Å². The molecule has 0 saturated carbocycles. The number of piperidine rings is 1. The monoisotopic (exact) mass is 294 g/mol. The number of rotatable bonds is 3. The Morgan fingerprint density at radius 1 is 1.57 bits per heavy atom. The number of carbonyl (C=O) groups excluding carboxylic acids is 1. The smallest absolute Gasteiger partial charge is 0.410 e. The molecule has 1 aromatic rings. The number of hydrogen-bond donors (Lipinski definition) is 2. The van der Waals surface area contributed by atoms with Gasteiger partial charge in [0.1, 0.15) is 5.60 Å². The van der Waals surface area contributed by atoms with Gasteiger partial charge in [0.25, 0.3) is 0 Å². The summed E-state index contributed by atoms with van der Waals surface area (Å²) in [4.78, 5) is 21.0. The molecule has 0 aliphatic carbocycles. The quantitative estimate of drug-likeness (QED) is 0.897. The van der Waals surface area contributed by atoms with Crippen molar-refractivity contribution in [1.82, 2.24) is 14.9 Å². The number of carbonyl (C=O) groups is 1. The van der Waals surface area contributed by atoms with Gasteiger partial charge >= 0.3 is 6.09 Å². The highest BCUT2D eigenvalue weighted by atomic mass is 16.6. The molecule has 1 fully saturated rings. The van der Waals surface area contributed by atoms with Gasteiger partial charge < -0.3 is 20.4 Å². The van der Waals surface area contributed by atoms with Crippen LogP contribution in [0.3, 0.4) is 0 Å². The van der Waals surface area contributed by atoms with Crippen LogP contribution in [-0.2, 0) is 11.2 Å². The summed E-state index contributed by atoms with van der Waals surface area (Å²) in [5.74, 6) is 0.972. The van der Waals surface area contributed by atoms with E-state index in [0.29, 0.717) is 11.9 Å². The summed E-state index contributed by atoms with van der Waals surface area (Å²) < 4.78 is 5.45. The zero-order valence-corrected chi connectivity index (χ0v) is 13.2. The van der Waals surface area contributed by atoms with Crippen molar-refractivity contribution in [2.75, 3.05) is 18.8 Å². The van der Waals surface area contributed by atoms with Crippen molar-refractivity contribution in [3.8, 4) is 0 Å². The topological polar surface area (TPSA) is 84.2 Å². The Balaban J connectivity index is 1.81. The molecule has 0 aromatic carbocycles. The van der Waals surface area contributed by atoms with Crippen LogP contribution in [0.1, 0.15) is 45.7 Å². The van der Waals surface area contributed by atoms with E-state index in [2.05, 4.69) is 9.97 Å². The van der Waals surface area contributed by atoms with Crippen molar-refractivity contribution in [1.29, 1.82) is 0 Å². The van der Waals surface area contributed by atoms with Crippen LogP contribution in [0.15, 0.2) is 6.20 Å². The molecule has 0 spiro atoms. The summed E-state index contributed by atoms with van der Waals surface area (Å²) in [7, 11) is 0. The molecule has 3 N–H and O–H groups in total. The van der Waals surface area contributed by atoms with Gasteiger partial charge in [-0.3, -0.25) is 0 Å². The van der Waals surface area contributed by atoms with E-state index in [1.165, 1.54) is 0 Å². The van der Waals surface area contributed by atoms with Crippen molar-refractivity contribution in [3.05, 3.63) is 11.9 Å². The Hall–Kier alpha value is -1.72. The van der Waals surface area contributed by atoms with Gasteiger partial charge in [-0.15, -0.1) is 0 Å². The number of nitrogens with one attached hydrogen (secondary N) is 1. The molecule has 1 atom stereocenters. The minimum absolute atomic E-state index is 0.196. The van der Waals surface area contributed by atoms with Crippen LogP contribution in [0.2, 0.25) is 0 Å². The van der Waals surface area contributed by atoms with Crippen LogP contribution >= 0.6 is 0 Å². The van der Waals surface area contributed by atoms with Gasteiger partial charge in [0, 0.05) is 18.8 Å². The normalized spacial score (nSPS) is 19.6. The molecule has 1 saturated heterocycles. The molecular formula is C15H26N4O2. The van der Waals surface area contributed by atoms with E-state index in [1.54, 1.807) is 6.20 Å². The zero-order valence-electron chi connectivity index (χ0n) is 13.2. The number of nitrogen functional groups attached to an aromatic ring is 1. The Morgan fingerprint density at radius 2 is 2.33 bits per heavy atom. The van der Waals surface area contributed by atoms with Crippen molar-refractivity contribution >= 4 is 12.0 Å². The average molecular weight is 294 g/mol. The highest BCUT2D eigenvalue weighted by molar-refractivity contribution is 5.68. The molecule has 1 unspecified atom stereocenters. The number of anilines is 1. The molecule has 1 aromatic heterocycles. The van der Waals surface area contributed by atoms with Crippen molar-refractivity contribution in [3.63, 3.8) is 0 Å². The third kappa shape index (κ3) is 4.95. The number of amides is 1. The Kier molecular flexibility index (Phi) is 4.75. The number of aromatic amines is 1. The number of aryl methyl sites for hydroxylation is 1. The molecule has 6 nitrogen and oxygen atoms in total. The molecule has 1 amide bonds. The second-order valence-corrected chi connectivity index (χ2v) is 6.77. The van der Waals surface area contributed by atoms with E-state index in [1.807, 2.05) is 25.7 Å². The average Bonchev–Trinajstić information content (AvgIpc) is 2.81. The number of likely N-dealkylation sites (tertiary alicyclic amines) is 1. The Morgan fingerprint density at radius 3 is 2.95 bits per heavy atom. The van der Waals surface area contributed by atoms with Crippen molar-refractivity contribution < 1.29 is 9.53 Å². The number of hydrogen-bond acceptors (Lipinski definition) is 4. The van der Waals surface area contributed by atoms with Gasteiger partial charge in [-0.1, -0.05) is 0 Å². The summed E-state index contributed by atoms with van der Waals surface area (Å²) in [6.45, 7) is 7.26. The lowest BCUT2D eigenvalue weighted by Crippen LogP contribution is -2.42. The summed E-state index contributed by atoms with van der Waals surface area (Å²) in [6.07, 6.45) is 5.72. The molecule has 1 aliphatic rings. The van der Waals surface area contributed by atoms with E-state index in [-0.39, 0.29) is 6.09 Å². The van der Waals surface area contributed by atoms with Gasteiger partial charge in [-0.05, 0) is 52.4 Å². The summed E-state index contributed by atoms with van der Waals surface area (Å²) in [5.41, 5.74) is 6.20. The van der Waals surface area contributed by atoms with E-state index >= 15 is 0 Å². The maximum atomic E-state index is 12.1. The predicted octanol–water partition coefficient (Wildman–Crippen LogP) is 2.57. The SMILES string of the molecule is CC(C)(C)OC(=O)N1CCCC(CCc2cnc(N)[nH]2)C1. The minimum Gasteiger partial charge on any atom is -0.444 e. The van der Waals surface area contributed by atoms with Gasteiger partial charge in [0.05, 0.1) is 6.20 Å². The summed E-state index contributed by atoms with van der Waals surface area (Å²) >= 11 is 0. The minimum atomic E-state index is -0.433. The van der Waals surface area contributed by atoms with Crippen LogP contribution in [0.25, 0.3) is 0 Å². The van der Waals surface area contributed by atoms with Crippen LogP contribution in [0.4, 0.5) is 10.7 Å². The maximum absolute atomic E-state index is 12.1. The predicted molar refractivity (Wildman–Crippen MR) is 81.9 cm³/mol. The lowest BCUT2D eigenvalue weighted by atomic mass is 9.93. The van der Waals surface area contributed by atoms with Gasteiger partial charge in [0.2, 0.25) is 0 Å². The molecule has 0 bridgehead atoms. The summed E-state index contributed by atoms with van der Waals surface area (Å²) in [6, 6.07) is 0. The molecule has 1 aliphatic heterocycles. The summed E-state index contributed by atoms with van der Waals surface area (Å²) in [5, 5.41) is 0. The number of ether oxygens (including phenoxy) is 1. The van der Waals surface area contributed by atoms with Crippen molar-refractivity contribution in [2.24, 2.45) is 5.92 Å². The fourth-order valence-corrected chi connectivity index (χ4v) is 2.66. The van der Waals surface area contributed by atoms with E-state index in [4.69, 9.17) is 10.5 Å².